The van der Waals surface area contributed by atoms with Gasteiger partial charge in [0.2, 0.25) is 5.91 Å². The normalized spacial score (nSPS) is 19.5. The van der Waals surface area contributed by atoms with Gasteiger partial charge in [0.1, 0.15) is 12.6 Å². The largest absolute Gasteiger partial charge is 0.355 e. The highest BCUT2D eigenvalue weighted by Crippen LogP contribution is 2.27. The van der Waals surface area contributed by atoms with Crippen molar-refractivity contribution in [1.82, 2.24) is 15.1 Å². The molecule has 2 N–H and O–H groups in total. The zero-order valence-electron chi connectivity index (χ0n) is 13.2. The summed E-state index contributed by atoms with van der Waals surface area (Å²) >= 11 is 0. The van der Waals surface area contributed by atoms with Crippen molar-refractivity contribution in [3.8, 4) is 0 Å². The van der Waals surface area contributed by atoms with Gasteiger partial charge in [-0.3, -0.25) is 19.3 Å². The van der Waals surface area contributed by atoms with E-state index in [1.54, 1.807) is 18.2 Å². The molecule has 0 bridgehead atoms. The fourth-order valence-corrected chi connectivity index (χ4v) is 3.05. The lowest BCUT2D eigenvalue weighted by molar-refractivity contribution is -0.131. The van der Waals surface area contributed by atoms with E-state index in [1.807, 2.05) is 0 Å². The molecule has 8 heteroatoms. The molecule has 2 heterocycles. The van der Waals surface area contributed by atoms with Crippen LogP contribution in [0.4, 0.5) is 10.5 Å². The van der Waals surface area contributed by atoms with Gasteiger partial charge in [0.25, 0.3) is 11.8 Å². The predicted molar refractivity (Wildman–Crippen MR) is 85.3 cm³/mol. The number of anilines is 1. The first-order valence-electron chi connectivity index (χ1n) is 7.75. The number of urea groups is 1. The number of benzene rings is 1. The maximum Gasteiger partial charge on any atom is 0.327 e. The van der Waals surface area contributed by atoms with Crippen LogP contribution in [-0.2, 0) is 9.59 Å². The summed E-state index contributed by atoms with van der Waals surface area (Å²) in [5, 5.41) is 5.11. The zero-order valence-corrected chi connectivity index (χ0v) is 13.2. The van der Waals surface area contributed by atoms with E-state index in [0.29, 0.717) is 24.2 Å². The van der Waals surface area contributed by atoms with Crippen LogP contribution in [0.5, 0.6) is 0 Å². The van der Waals surface area contributed by atoms with Crippen molar-refractivity contribution in [3.05, 3.63) is 29.8 Å². The van der Waals surface area contributed by atoms with E-state index in [9.17, 15) is 19.2 Å². The summed E-state index contributed by atoms with van der Waals surface area (Å²) in [4.78, 5) is 50.6. The van der Waals surface area contributed by atoms with Crippen molar-refractivity contribution in [2.24, 2.45) is 0 Å². The van der Waals surface area contributed by atoms with Gasteiger partial charge in [-0.1, -0.05) is 6.07 Å². The van der Waals surface area contributed by atoms with Crippen LogP contribution in [0, 0.1) is 0 Å². The van der Waals surface area contributed by atoms with Gasteiger partial charge in [0, 0.05) is 24.8 Å². The van der Waals surface area contributed by atoms with Gasteiger partial charge in [-0.25, -0.2) is 4.79 Å². The molecule has 1 unspecified atom stereocenters. The average molecular weight is 330 g/mol. The van der Waals surface area contributed by atoms with Crippen LogP contribution in [0.3, 0.4) is 0 Å². The third-order valence-corrected chi connectivity index (χ3v) is 4.22. The molecule has 1 atom stereocenters. The average Bonchev–Trinajstić information content (AvgIpc) is 3.14. The highest BCUT2D eigenvalue weighted by molar-refractivity contribution is 6.08. The third kappa shape index (κ3) is 2.82. The van der Waals surface area contributed by atoms with Gasteiger partial charge in [0.05, 0.1) is 0 Å². The van der Waals surface area contributed by atoms with E-state index in [0.717, 1.165) is 11.3 Å². The van der Waals surface area contributed by atoms with E-state index in [4.69, 9.17) is 0 Å². The van der Waals surface area contributed by atoms with E-state index in [2.05, 4.69) is 10.6 Å². The topological polar surface area (TPSA) is 98.8 Å². The Kier molecular flexibility index (Phi) is 4.20. The number of hydrogen-bond acceptors (Lipinski definition) is 4. The number of fused-ring (bicyclic) bond motifs is 1. The quantitative estimate of drug-likeness (QED) is 0.781. The Morgan fingerprint density at radius 2 is 2.08 bits per heavy atom. The first-order chi connectivity index (χ1) is 11.5. The molecule has 3 rings (SSSR count). The van der Waals surface area contributed by atoms with Crippen LogP contribution in [0.2, 0.25) is 0 Å². The number of amides is 5. The minimum absolute atomic E-state index is 0.267. The van der Waals surface area contributed by atoms with Gasteiger partial charge in [0.15, 0.2) is 0 Å². The molecule has 2 fully saturated rings. The lowest BCUT2D eigenvalue weighted by atomic mass is 10.2. The van der Waals surface area contributed by atoms with Gasteiger partial charge < -0.3 is 15.5 Å². The second kappa shape index (κ2) is 6.31. The molecule has 2 saturated heterocycles. The highest BCUT2D eigenvalue weighted by atomic mass is 16.2. The van der Waals surface area contributed by atoms with Crippen molar-refractivity contribution >= 4 is 29.4 Å². The molecule has 0 radical (unpaired) electrons. The Morgan fingerprint density at radius 3 is 2.79 bits per heavy atom. The molecule has 0 spiro atoms. The van der Waals surface area contributed by atoms with Gasteiger partial charge in [-0.05, 0) is 31.0 Å². The van der Waals surface area contributed by atoms with Crippen molar-refractivity contribution < 1.29 is 19.2 Å². The fourth-order valence-electron chi connectivity index (χ4n) is 3.05. The maximum absolute atomic E-state index is 12.2. The number of hydrogen-bond donors (Lipinski definition) is 2. The minimum atomic E-state index is -0.480. The molecule has 1 aromatic rings. The Bertz CT molecular complexity index is 696. The molecule has 8 nitrogen and oxygen atoms in total. The van der Waals surface area contributed by atoms with Crippen molar-refractivity contribution in [1.29, 1.82) is 0 Å². The Labute approximate surface area is 138 Å². The summed E-state index contributed by atoms with van der Waals surface area (Å²) in [5.74, 6) is -1.06. The van der Waals surface area contributed by atoms with Crippen LogP contribution in [0.15, 0.2) is 24.3 Å². The summed E-state index contributed by atoms with van der Waals surface area (Å²) in [7, 11) is 1.52. The first-order valence-corrected chi connectivity index (χ1v) is 7.75. The Morgan fingerprint density at radius 1 is 1.29 bits per heavy atom. The van der Waals surface area contributed by atoms with E-state index >= 15 is 0 Å². The summed E-state index contributed by atoms with van der Waals surface area (Å²) in [6.07, 6.45) is 1.46. The predicted octanol–water partition coefficient (Wildman–Crippen LogP) is 0.411. The van der Waals surface area contributed by atoms with E-state index < -0.39 is 18.0 Å². The van der Waals surface area contributed by atoms with Crippen LogP contribution in [0.1, 0.15) is 23.2 Å². The molecule has 24 heavy (non-hydrogen) atoms. The lowest BCUT2D eigenvalue weighted by Gasteiger charge is -2.15. The Hall–Kier alpha value is -2.90. The molecule has 5 amide bonds. The van der Waals surface area contributed by atoms with Gasteiger partial charge >= 0.3 is 6.03 Å². The van der Waals surface area contributed by atoms with E-state index in [-0.39, 0.29) is 18.4 Å². The van der Waals surface area contributed by atoms with Crippen molar-refractivity contribution in [2.75, 3.05) is 25.5 Å². The minimum Gasteiger partial charge on any atom is -0.355 e. The molecule has 2 aliphatic heterocycles. The molecule has 0 saturated carbocycles. The Balaban J connectivity index is 1.65. The SMILES string of the molecule is CNC(=O)c1cccc(NC(=O)CN2C(=O)C3CCCN3C2=O)c1. The molecule has 0 aliphatic carbocycles. The number of rotatable bonds is 4. The maximum atomic E-state index is 12.2. The van der Waals surface area contributed by atoms with Crippen molar-refractivity contribution in [3.63, 3.8) is 0 Å². The van der Waals surface area contributed by atoms with Crippen LogP contribution < -0.4 is 10.6 Å². The first kappa shape index (κ1) is 16.0. The number of nitrogens with zero attached hydrogens (tertiary/aromatic N) is 2. The fraction of sp³-hybridized carbons (Fsp3) is 0.375. The highest BCUT2D eigenvalue weighted by Gasteiger charge is 2.47. The summed E-state index contributed by atoms with van der Waals surface area (Å²) in [6, 6.07) is 5.61. The summed E-state index contributed by atoms with van der Waals surface area (Å²) in [5.41, 5.74) is 0.838. The third-order valence-electron chi connectivity index (χ3n) is 4.22. The van der Waals surface area contributed by atoms with Crippen LogP contribution >= 0.6 is 0 Å². The molecule has 126 valence electrons. The van der Waals surface area contributed by atoms with Gasteiger partial charge in [-0.2, -0.15) is 0 Å². The number of carbonyl (C=O) groups excluding carboxylic acids is 4. The van der Waals surface area contributed by atoms with Crippen LogP contribution in [0.25, 0.3) is 0 Å². The molecular weight excluding hydrogens is 312 g/mol. The molecule has 0 aromatic heterocycles. The molecule has 1 aromatic carbocycles. The summed E-state index contributed by atoms with van der Waals surface area (Å²) in [6.45, 7) is 0.233. The number of nitrogens with one attached hydrogen (secondary N) is 2. The smallest absolute Gasteiger partial charge is 0.327 e. The lowest BCUT2D eigenvalue weighted by Crippen LogP contribution is -2.39. The zero-order chi connectivity index (χ0) is 17.3. The van der Waals surface area contributed by atoms with Crippen LogP contribution in [-0.4, -0.2) is 59.7 Å². The summed E-state index contributed by atoms with van der Waals surface area (Å²) < 4.78 is 0. The standard InChI is InChI=1S/C16H18N4O4/c1-17-14(22)10-4-2-5-11(8-10)18-13(21)9-20-15(23)12-6-3-7-19(12)16(20)24/h2,4-5,8,12H,3,6-7,9H2,1H3,(H,17,22)(H,18,21). The van der Waals surface area contributed by atoms with Crippen molar-refractivity contribution in [2.45, 2.75) is 18.9 Å². The second-order valence-electron chi connectivity index (χ2n) is 5.77. The number of imide groups is 1. The monoisotopic (exact) mass is 330 g/mol. The van der Waals surface area contributed by atoms with Gasteiger partial charge in [-0.15, -0.1) is 0 Å². The molecule has 2 aliphatic rings. The number of carbonyl (C=O) groups is 4. The van der Waals surface area contributed by atoms with E-state index in [1.165, 1.54) is 18.0 Å². The second-order valence-corrected chi connectivity index (χ2v) is 5.77. The molecular formula is C16H18N4O4.